The molecule has 3 aromatic rings. The number of aromatic nitrogens is 1. The molecular weight excluding hydrogens is 242 g/mol. The highest BCUT2D eigenvalue weighted by atomic mass is 16.4. The number of fused-ring (bicyclic) bond motifs is 2. The van der Waals surface area contributed by atoms with Gasteiger partial charge in [-0.2, -0.15) is 0 Å². The molecule has 0 aliphatic rings. The standard InChI is InChI=1S/C15H11NO3/c1-8-5-6-9-12(7-8)16-13-10(14(9)17)3-2-4-11(13)15(18)19/h2-7H,1H3,(H,16,17)(H,18,19). The largest absolute Gasteiger partial charge is 0.478 e. The minimum Gasteiger partial charge on any atom is -0.478 e. The Kier molecular flexibility index (Phi) is 2.38. The zero-order valence-corrected chi connectivity index (χ0v) is 10.2. The van der Waals surface area contributed by atoms with E-state index in [0.29, 0.717) is 21.8 Å². The number of aromatic carboxylic acids is 1. The summed E-state index contributed by atoms with van der Waals surface area (Å²) in [6, 6.07) is 10.2. The van der Waals surface area contributed by atoms with E-state index >= 15 is 0 Å². The lowest BCUT2D eigenvalue weighted by Gasteiger charge is -2.06. The molecule has 0 aliphatic heterocycles. The maximum absolute atomic E-state index is 12.4. The van der Waals surface area contributed by atoms with E-state index in [1.165, 1.54) is 6.07 Å². The third kappa shape index (κ3) is 1.69. The van der Waals surface area contributed by atoms with Crippen LogP contribution in [0.4, 0.5) is 0 Å². The summed E-state index contributed by atoms with van der Waals surface area (Å²) in [7, 11) is 0. The second kappa shape index (κ2) is 3.95. The summed E-state index contributed by atoms with van der Waals surface area (Å²) in [4.78, 5) is 26.6. The van der Waals surface area contributed by atoms with E-state index in [4.69, 9.17) is 0 Å². The lowest BCUT2D eigenvalue weighted by Crippen LogP contribution is -2.08. The molecule has 0 saturated heterocycles. The molecule has 0 amide bonds. The topological polar surface area (TPSA) is 70.2 Å². The maximum atomic E-state index is 12.4. The van der Waals surface area contributed by atoms with Gasteiger partial charge in [0.15, 0.2) is 5.43 Å². The van der Waals surface area contributed by atoms with Crippen LogP contribution in [0.2, 0.25) is 0 Å². The van der Waals surface area contributed by atoms with Crippen LogP contribution in [0, 0.1) is 6.92 Å². The van der Waals surface area contributed by atoms with Gasteiger partial charge in [0.2, 0.25) is 0 Å². The van der Waals surface area contributed by atoms with Crippen LogP contribution < -0.4 is 5.43 Å². The van der Waals surface area contributed by atoms with Crippen molar-refractivity contribution in [3.05, 3.63) is 57.7 Å². The highest BCUT2D eigenvalue weighted by molar-refractivity contribution is 6.04. The average Bonchev–Trinajstić information content (AvgIpc) is 2.37. The van der Waals surface area contributed by atoms with Crippen molar-refractivity contribution < 1.29 is 9.90 Å². The summed E-state index contributed by atoms with van der Waals surface area (Å²) >= 11 is 0. The van der Waals surface area contributed by atoms with E-state index in [0.717, 1.165) is 5.56 Å². The predicted octanol–water partition coefficient (Wildman–Crippen LogP) is 2.69. The van der Waals surface area contributed by atoms with Crippen LogP contribution in [0.1, 0.15) is 15.9 Å². The lowest BCUT2D eigenvalue weighted by molar-refractivity contribution is 0.0699. The minimum atomic E-state index is -1.05. The summed E-state index contributed by atoms with van der Waals surface area (Å²) in [6.45, 7) is 1.92. The molecule has 0 atom stereocenters. The number of pyridine rings is 1. The highest BCUT2D eigenvalue weighted by Gasteiger charge is 2.12. The van der Waals surface area contributed by atoms with Gasteiger partial charge in [-0.1, -0.05) is 12.1 Å². The van der Waals surface area contributed by atoms with Crippen molar-refractivity contribution in [2.24, 2.45) is 0 Å². The van der Waals surface area contributed by atoms with Crippen molar-refractivity contribution in [3.8, 4) is 0 Å². The van der Waals surface area contributed by atoms with Gasteiger partial charge in [-0.25, -0.2) is 4.79 Å². The molecule has 1 heterocycles. The molecule has 0 aliphatic carbocycles. The molecule has 94 valence electrons. The van der Waals surface area contributed by atoms with Gasteiger partial charge in [-0.3, -0.25) is 4.79 Å². The van der Waals surface area contributed by atoms with Crippen LogP contribution >= 0.6 is 0 Å². The molecule has 0 fully saturated rings. The number of carboxylic acid groups (broad SMARTS) is 1. The molecule has 1 aromatic heterocycles. The molecule has 3 rings (SSSR count). The second-order valence-corrected chi connectivity index (χ2v) is 4.54. The van der Waals surface area contributed by atoms with Gasteiger partial charge in [0.25, 0.3) is 0 Å². The summed E-state index contributed by atoms with van der Waals surface area (Å²) < 4.78 is 0. The van der Waals surface area contributed by atoms with Crippen LogP contribution in [0.25, 0.3) is 21.8 Å². The average molecular weight is 253 g/mol. The molecule has 4 nitrogen and oxygen atoms in total. The molecule has 0 bridgehead atoms. The van der Waals surface area contributed by atoms with E-state index in [-0.39, 0.29) is 11.0 Å². The summed E-state index contributed by atoms with van der Waals surface area (Å²) in [5.41, 5.74) is 2.00. The fourth-order valence-electron chi connectivity index (χ4n) is 2.29. The first-order valence-electron chi connectivity index (χ1n) is 5.86. The quantitative estimate of drug-likeness (QED) is 0.655. The van der Waals surface area contributed by atoms with Crippen molar-refractivity contribution in [2.75, 3.05) is 0 Å². The zero-order chi connectivity index (χ0) is 13.6. The molecule has 0 spiro atoms. The molecule has 4 heteroatoms. The Morgan fingerprint density at radius 3 is 2.68 bits per heavy atom. The maximum Gasteiger partial charge on any atom is 0.337 e. The van der Waals surface area contributed by atoms with Gasteiger partial charge in [0.1, 0.15) is 0 Å². The third-order valence-electron chi connectivity index (χ3n) is 3.22. The molecule has 0 saturated carbocycles. The van der Waals surface area contributed by atoms with Gasteiger partial charge in [-0.05, 0) is 36.8 Å². The summed E-state index contributed by atoms with van der Waals surface area (Å²) in [5.74, 6) is -1.05. The van der Waals surface area contributed by atoms with E-state index in [9.17, 15) is 14.7 Å². The monoisotopic (exact) mass is 253 g/mol. The first-order valence-corrected chi connectivity index (χ1v) is 5.86. The van der Waals surface area contributed by atoms with Crippen LogP contribution in [-0.2, 0) is 0 Å². The molecule has 2 N–H and O–H groups in total. The van der Waals surface area contributed by atoms with E-state index in [1.807, 2.05) is 19.1 Å². The molecule has 19 heavy (non-hydrogen) atoms. The van der Waals surface area contributed by atoms with E-state index in [2.05, 4.69) is 4.98 Å². The number of carboxylic acids is 1. The number of carbonyl (C=O) groups is 1. The highest BCUT2D eigenvalue weighted by Crippen LogP contribution is 2.19. The summed E-state index contributed by atoms with van der Waals surface area (Å²) in [5, 5.41) is 10.1. The Labute approximate surface area is 108 Å². The third-order valence-corrected chi connectivity index (χ3v) is 3.22. The van der Waals surface area contributed by atoms with Gasteiger partial charge < -0.3 is 10.1 Å². The molecule has 2 aromatic carbocycles. The lowest BCUT2D eigenvalue weighted by atomic mass is 10.1. The van der Waals surface area contributed by atoms with Crippen molar-refractivity contribution in [1.82, 2.24) is 4.98 Å². The fourth-order valence-corrected chi connectivity index (χ4v) is 2.29. The number of H-pyrrole nitrogens is 1. The Bertz CT molecular complexity index is 878. The van der Waals surface area contributed by atoms with Gasteiger partial charge in [0.05, 0.1) is 16.6 Å². The first-order chi connectivity index (χ1) is 9.08. The number of nitrogens with one attached hydrogen (secondary N) is 1. The SMILES string of the molecule is Cc1ccc2c(=O)c3cccc(C(=O)O)c3[nH]c2c1. The number of hydrogen-bond donors (Lipinski definition) is 2. The Hall–Kier alpha value is -2.62. The van der Waals surface area contributed by atoms with Crippen LogP contribution in [0.15, 0.2) is 41.2 Å². The Balaban J connectivity index is 2.58. The molecular formula is C15H11NO3. The van der Waals surface area contributed by atoms with Gasteiger partial charge in [0, 0.05) is 10.8 Å². The first kappa shape index (κ1) is 11.5. The normalized spacial score (nSPS) is 11.0. The van der Waals surface area contributed by atoms with Gasteiger partial charge >= 0.3 is 5.97 Å². The number of hydrogen-bond acceptors (Lipinski definition) is 2. The molecule has 0 radical (unpaired) electrons. The molecule has 0 unspecified atom stereocenters. The van der Waals surface area contributed by atoms with E-state index < -0.39 is 5.97 Å². The van der Waals surface area contributed by atoms with Crippen LogP contribution in [-0.4, -0.2) is 16.1 Å². The fraction of sp³-hybridized carbons (Fsp3) is 0.0667. The van der Waals surface area contributed by atoms with Crippen molar-refractivity contribution >= 4 is 27.8 Å². The Morgan fingerprint density at radius 2 is 1.95 bits per heavy atom. The number of para-hydroxylation sites is 1. The van der Waals surface area contributed by atoms with Gasteiger partial charge in [-0.15, -0.1) is 0 Å². The number of aromatic amines is 1. The smallest absolute Gasteiger partial charge is 0.337 e. The van der Waals surface area contributed by atoms with E-state index in [1.54, 1.807) is 18.2 Å². The van der Waals surface area contributed by atoms with Crippen LogP contribution in [0.3, 0.4) is 0 Å². The number of benzene rings is 2. The Morgan fingerprint density at radius 1 is 1.16 bits per heavy atom. The summed E-state index contributed by atoms with van der Waals surface area (Å²) in [6.07, 6.45) is 0. The second-order valence-electron chi connectivity index (χ2n) is 4.54. The van der Waals surface area contributed by atoms with Crippen LogP contribution in [0.5, 0.6) is 0 Å². The van der Waals surface area contributed by atoms with Crippen molar-refractivity contribution in [2.45, 2.75) is 6.92 Å². The number of rotatable bonds is 1. The predicted molar refractivity (Wildman–Crippen MR) is 73.8 cm³/mol. The van der Waals surface area contributed by atoms with Crippen molar-refractivity contribution in [3.63, 3.8) is 0 Å². The number of aryl methyl sites for hydroxylation is 1. The zero-order valence-electron chi connectivity index (χ0n) is 10.2. The van der Waals surface area contributed by atoms with Crippen molar-refractivity contribution in [1.29, 1.82) is 0 Å². The minimum absolute atomic E-state index is 0.109.